The molecule has 2 N–H and O–H groups in total. The molecule has 6 nitrogen and oxygen atoms in total. The van der Waals surface area contributed by atoms with Gasteiger partial charge in [0, 0.05) is 25.1 Å². The van der Waals surface area contributed by atoms with Gasteiger partial charge < -0.3 is 10.6 Å². The first kappa shape index (κ1) is 21.1. The summed E-state index contributed by atoms with van der Waals surface area (Å²) in [5.74, 6) is -5.30. The van der Waals surface area contributed by atoms with Gasteiger partial charge in [0.25, 0.3) is 5.82 Å². The molecule has 0 spiro atoms. The van der Waals surface area contributed by atoms with Crippen LogP contribution in [-0.2, 0) is 23.9 Å². The molecule has 2 atom stereocenters. The molecule has 0 saturated heterocycles. The lowest BCUT2D eigenvalue weighted by Gasteiger charge is -2.33. The van der Waals surface area contributed by atoms with E-state index in [1.54, 1.807) is 0 Å². The molecule has 1 aromatic heterocycles. The van der Waals surface area contributed by atoms with Gasteiger partial charge in [-0.1, -0.05) is 0 Å². The van der Waals surface area contributed by atoms with E-state index in [-0.39, 0.29) is 37.3 Å². The predicted octanol–water partition coefficient (Wildman–Crippen LogP) is 2.58. The number of hydrogen-bond donors (Lipinski definition) is 1. The Morgan fingerprint density at radius 3 is 2.52 bits per heavy atom. The van der Waals surface area contributed by atoms with Crippen LogP contribution < -0.4 is 5.73 Å². The van der Waals surface area contributed by atoms with E-state index in [2.05, 4.69) is 10.1 Å². The normalized spacial score (nSPS) is 17.9. The second-order valence-electron chi connectivity index (χ2n) is 6.80. The molecular weight excluding hydrogens is 404 g/mol. The zero-order valence-corrected chi connectivity index (χ0v) is 15.2. The lowest BCUT2D eigenvalue weighted by Crippen LogP contribution is -2.43. The van der Waals surface area contributed by atoms with Crippen molar-refractivity contribution in [1.82, 2.24) is 19.7 Å². The summed E-state index contributed by atoms with van der Waals surface area (Å²) < 4.78 is 79.6. The topological polar surface area (TPSA) is 77.0 Å². The van der Waals surface area contributed by atoms with Crippen molar-refractivity contribution < 1.29 is 31.1 Å². The zero-order chi connectivity index (χ0) is 21.5. The third-order valence-corrected chi connectivity index (χ3v) is 4.68. The van der Waals surface area contributed by atoms with E-state index in [9.17, 15) is 31.1 Å². The number of halogens is 6. The number of nitrogens with two attached hydrogens (primary N) is 1. The Hall–Kier alpha value is -2.63. The number of carbonyl (C=O) groups is 1. The van der Waals surface area contributed by atoms with E-state index >= 15 is 0 Å². The van der Waals surface area contributed by atoms with E-state index < -0.39 is 47.4 Å². The molecule has 12 heteroatoms. The zero-order valence-electron chi connectivity index (χ0n) is 15.2. The smallest absolute Gasteiger partial charge is 0.331 e. The van der Waals surface area contributed by atoms with Crippen molar-refractivity contribution in [2.75, 3.05) is 6.54 Å². The largest absolute Gasteiger partial charge is 0.453 e. The number of benzene rings is 1. The molecular formula is C17H17F6N5O. The third kappa shape index (κ3) is 4.36. The molecule has 0 saturated carbocycles. The Kier molecular flexibility index (Phi) is 5.57. The Balaban J connectivity index is 1.68. The van der Waals surface area contributed by atoms with E-state index in [0.29, 0.717) is 12.1 Å². The predicted molar refractivity (Wildman–Crippen MR) is 87.8 cm³/mol. The van der Waals surface area contributed by atoms with Crippen molar-refractivity contribution in [3.8, 4) is 0 Å². The summed E-state index contributed by atoms with van der Waals surface area (Å²) in [6.07, 6.45) is -5.18. The van der Waals surface area contributed by atoms with Gasteiger partial charge in [0.1, 0.15) is 11.6 Å². The van der Waals surface area contributed by atoms with Crippen LogP contribution in [0.4, 0.5) is 26.3 Å². The molecule has 3 rings (SSSR count). The molecule has 1 aliphatic rings. The highest BCUT2D eigenvalue weighted by Gasteiger charge is 2.40. The Labute approximate surface area is 161 Å². The second-order valence-corrected chi connectivity index (χ2v) is 6.80. The Morgan fingerprint density at radius 1 is 1.21 bits per heavy atom. The fourth-order valence-corrected chi connectivity index (χ4v) is 3.24. The van der Waals surface area contributed by atoms with Crippen LogP contribution in [0.1, 0.15) is 36.6 Å². The molecule has 0 bridgehead atoms. The summed E-state index contributed by atoms with van der Waals surface area (Å²) in [5.41, 5.74) is 5.68. The van der Waals surface area contributed by atoms with Crippen LogP contribution >= 0.6 is 0 Å². The second kappa shape index (κ2) is 7.65. The number of aromatic nitrogens is 3. The van der Waals surface area contributed by atoms with Crippen molar-refractivity contribution in [3.05, 3.63) is 46.8 Å². The van der Waals surface area contributed by atoms with Gasteiger partial charge in [0.15, 0.2) is 11.6 Å². The number of alkyl halides is 3. The van der Waals surface area contributed by atoms with E-state index in [0.717, 1.165) is 4.68 Å². The molecule has 1 aliphatic heterocycles. The van der Waals surface area contributed by atoms with Crippen LogP contribution in [0.5, 0.6) is 0 Å². The quantitative estimate of drug-likeness (QED) is 0.608. The number of amides is 1. The standard InChI is InChI=1S/C17H17F6N5O/c1-8-15-25-16(17(21,22)23)26-28(15)3-2-27(8)14(29)6-10(24)4-9-5-12(19)13(20)7-11(9)18/h5,7-8,10H,2-4,6,24H2,1H3. The lowest BCUT2D eigenvalue weighted by molar-refractivity contribution is -0.145. The van der Waals surface area contributed by atoms with Gasteiger partial charge >= 0.3 is 6.18 Å². The summed E-state index contributed by atoms with van der Waals surface area (Å²) in [7, 11) is 0. The number of hydrogen-bond acceptors (Lipinski definition) is 4. The Morgan fingerprint density at radius 2 is 1.86 bits per heavy atom. The van der Waals surface area contributed by atoms with Gasteiger partial charge in [-0.3, -0.25) is 4.79 Å². The minimum atomic E-state index is -4.70. The molecule has 0 aliphatic carbocycles. The molecule has 2 unspecified atom stereocenters. The molecule has 1 aromatic carbocycles. The molecule has 2 heterocycles. The summed E-state index contributed by atoms with van der Waals surface area (Å²) in [4.78, 5) is 17.4. The Bertz CT molecular complexity index is 928. The molecule has 158 valence electrons. The van der Waals surface area contributed by atoms with Gasteiger partial charge in [-0.2, -0.15) is 13.2 Å². The molecule has 29 heavy (non-hydrogen) atoms. The van der Waals surface area contributed by atoms with E-state index in [4.69, 9.17) is 5.73 Å². The monoisotopic (exact) mass is 421 g/mol. The van der Waals surface area contributed by atoms with Crippen LogP contribution in [0.2, 0.25) is 0 Å². The van der Waals surface area contributed by atoms with Crippen LogP contribution in [0.15, 0.2) is 12.1 Å². The maximum atomic E-state index is 13.7. The first-order valence-electron chi connectivity index (χ1n) is 8.67. The average molecular weight is 421 g/mol. The third-order valence-electron chi connectivity index (χ3n) is 4.68. The number of fused-ring (bicyclic) bond motifs is 1. The summed E-state index contributed by atoms with van der Waals surface area (Å²) in [6.45, 7) is 1.64. The van der Waals surface area contributed by atoms with Gasteiger partial charge in [-0.25, -0.2) is 22.8 Å². The first-order chi connectivity index (χ1) is 13.5. The van der Waals surface area contributed by atoms with Crippen LogP contribution in [0, 0.1) is 17.5 Å². The lowest BCUT2D eigenvalue weighted by atomic mass is 10.0. The minimum Gasteiger partial charge on any atom is -0.331 e. The molecule has 0 radical (unpaired) electrons. The van der Waals surface area contributed by atoms with Crippen molar-refractivity contribution in [2.24, 2.45) is 5.73 Å². The number of rotatable bonds is 4. The van der Waals surface area contributed by atoms with E-state index in [1.165, 1.54) is 11.8 Å². The summed E-state index contributed by atoms with van der Waals surface area (Å²) in [5, 5.41) is 3.42. The number of nitrogens with zero attached hydrogens (tertiary/aromatic N) is 4. The van der Waals surface area contributed by atoms with Crippen LogP contribution in [-0.4, -0.2) is 38.2 Å². The molecule has 1 amide bonds. The molecule has 0 fully saturated rings. The van der Waals surface area contributed by atoms with Gasteiger partial charge in [0.2, 0.25) is 5.91 Å². The van der Waals surface area contributed by atoms with Crippen molar-refractivity contribution >= 4 is 5.91 Å². The van der Waals surface area contributed by atoms with Gasteiger partial charge in [0.05, 0.1) is 12.6 Å². The fourth-order valence-electron chi connectivity index (χ4n) is 3.24. The van der Waals surface area contributed by atoms with Gasteiger partial charge in [-0.05, 0) is 25.0 Å². The fraction of sp³-hybridized carbons (Fsp3) is 0.471. The van der Waals surface area contributed by atoms with Crippen molar-refractivity contribution in [2.45, 2.75) is 44.6 Å². The van der Waals surface area contributed by atoms with Crippen molar-refractivity contribution in [3.63, 3.8) is 0 Å². The maximum Gasteiger partial charge on any atom is 0.453 e. The highest BCUT2D eigenvalue weighted by molar-refractivity contribution is 5.77. The minimum absolute atomic E-state index is 0.00264. The maximum absolute atomic E-state index is 13.7. The van der Waals surface area contributed by atoms with E-state index in [1.807, 2.05) is 0 Å². The number of carbonyl (C=O) groups excluding carboxylic acids is 1. The van der Waals surface area contributed by atoms with Crippen LogP contribution in [0.25, 0.3) is 0 Å². The molecule has 2 aromatic rings. The van der Waals surface area contributed by atoms with Crippen molar-refractivity contribution in [1.29, 1.82) is 0 Å². The SMILES string of the molecule is CC1c2nc(C(F)(F)F)nn2CCN1C(=O)CC(N)Cc1cc(F)c(F)cc1F. The first-order valence-corrected chi connectivity index (χ1v) is 8.67. The van der Waals surface area contributed by atoms with Gasteiger partial charge in [-0.15, -0.1) is 5.10 Å². The summed E-state index contributed by atoms with van der Waals surface area (Å²) in [6, 6.07) is -0.594. The highest BCUT2D eigenvalue weighted by Crippen LogP contribution is 2.30. The highest BCUT2D eigenvalue weighted by atomic mass is 19.4. The summed E-state index contributed by atoms with van der Waals surface area (Å²) >= 11 is 0. The van der Waals surface area contributed by atoms with Crippen LogP contribution in [0.3, 0.4) is 0 Å². The average Bonchev–Trinajstić information content (AvgIpc) is 3.05.